The Morgan fingerprint density at radius 2 is 1.75 bits per heavy atom. The lowest BCUT2D eigenvalue weighted by atomic mass is 9.83. The van der Waals surface area contributed by atoms with E-state index in [-0.39, 0.29) is 0 Å². The molecule has 94 valence electrons. The van der Waals surface area contributed by atoms with Gasteiger partial charge in [0.2, 0.25) is 0 Å². The normalized spacial score (nSPS) is 21.1. The topological polar surface area (TPSA) is 12.0 Å². The second-order valence-electron chi connectivity index (χ2n) is 5.50. The molecule has 1 saturated carbocycles. The van der Waals surface area contributed by atoms with Gasteiger partial charge in [-0.05, 0) is 45.6 Å². The molecule has 0 aromatic carbocycles. The Kier molecular flexibility index (Phi) is 6.79. The van der Waals surface area contributed by atoms with Crippen molar-refractivity contribution in [1.29, 1.82) is 0 Å². The molecule has 1 unspecified atom stereocenters. The summed E-state index contributed by atoms with van der Waals surface area (Å²) in [6.45, 7) is 6.16. The van der Waals surface area contributed by atoms with E-state index in [1.54, 1.807) is 0 Å². The summed E-state index contributed by atoms with van der Waals surface area (Å²) < 4.78 is 0. The maximum absolute atomic E-state index is 4.01. The lowest BCUT2D eigenvalue weighted by molar-refractivity contribution is 0.284. The summed E-state index contributed by atoms with van der Waals surface area (Å²) in [5, 5.41) is 3.53. The van der Waals surface area contributed by atoms with Gasteiger partial charge in [0.15, 0.2) is 0 Å². The fraction of sp³-hybridized carbons (Fsp3) is 0.867. The van der Waals surface area contributed by atoms with Gasteiger partial charge in [0.05, 0.1) is 0 Å². The van der Waals surface area contributed by atoms with Gasteiger partial charge in [0.25, 0.3) is 0 Å². The van der Waals surface area contributed by atoms with Crippen LogP contribution in [0.1, 0.15) is 64.7 Å². The highest BCUT2D eigenvalue weighted by molar-refractivity contribution is 4.90. The molecule has 0 aromatic heterocycles. The van der Waals surface area contributed by atoms with Crippen LogP contribution in [-0.2, 0) is 0 Å². The fourth-order valence-electron chi connectivity index (χ4n) is 2.91. The number of hydrogen-bond acceptors (Lipinski definition) is 1. The highest BCUT2D eigenvalue weighted by Gasteiger charge is 2.20. The third-order valence-electron chi connectivity index (χ3n) is 3.97. The van der Waals surface area contributed by atoms with Gasteiger partial charge in [-0.2, -0.15) is 0 Å². The van der Waals surface area contributed by atoms with Gasteiger partial charge in [0.1, 0.15) is 0 Å². The zero-order valence-corrected chi connectivity index (χ0v) is 11.2. The van der Waals surface area contributed by atoms with Gasteiger partial charge in [0, 0.05) is 6.04 Å². The van der Waals surface area contributed by atoms with Gasteiger partial charge in [-0.15, -0.1) is 6.58 Å². The molecule has 0 bridgehead atoms. The van der Waals surface area contributed by atoms with E-state index in [1.165, 1.54) is 63.4 Å². The highest BCUT2D eigenvalue weighted by Crippen LogP contribution is 2.27. The molecule has 1 heteroatoms. The lowest BCUT2D eigenvalue weighted by Gasteiger charge is -2.28. The standard InChI is InChI=1S/C15H29N/c1-13(2)11-12-15(16-3)14-9-7-5-4-6-8-10-14/h14-16H,1,4-12H2,2-3H3. The minimum absolute atomic E-state index is 0.717. The van der Waals surface area contributed by atoms with E-state index in [1.807, 2.05) is 0 Å². The van der Waals surface area contributed by atoms with Gasteiger partial charge < -0.3 is 5.32 Å². The summed E-state index contributed by atoms with van der Waals surface area (Å²) in [5.74, 6) is 0.907. The van der Waals surface area contributed by atoms with Crippen molar-refractivity contribution in [2.45, 2.75) is 70.8 Å². The first-order chi connectivity index (χ1) is 7.74. The van der Waals surface area contributed by atoms with Crippen LogP contribution in [0.4, 0.5) is 0 Å². The largest absolute Gasteiger partial charge is 0.317 e. The average molecular weight is 223 g/mol. The molecule has 0 amide bonds. The Bertz CT molecular complexity index is 190. The predicted octanol–water partition coefficient (Wildman–Crippen LogP) is 4.29. The van der Waals surface area contributed by atoms with E-state index in [9.17, 15) is 0 Å². The molecule has 0 saturated heterocycles. The molecule has 1 rings (SSSR count). The van der Waals surface area contributed by atoms with E-state index in [0.29, 0.717) is 0 Å². The van der Waals surface area contributed by atoms with Gasteiger partial charge in [-0.25, -0.2) is 0 Å². The molecule has 0 heterocycles. The van der Waals surface area contributed by atoms with E-state index < -0.39 is 0 Å². The van der Waals surface area contributed by atoms with Crippen molar-refractivity contribution in [3.8, 4) is 0 Å². The summed E-state index contributed by atoms with van der Waals surface area (Å²) in [5.41, 5.74) is 1.33. The molecule has 16 heavy (non-hydrogen) atoms. The molecule has 1 aliphatic carbocycles. The third-order valence-corrected chi connectivity index (χ3v) is 3.97. The van der Waals surface area contributed by atoms with Crippen LogP contribution < -0.4 is 5.32 Å². The van der Waals surface area contributed by atoms with Crippen LogP contribution in [0.25, 0.3) is 0 Å². The Morgan fingerprint density at radius 3 is 2.25 bits per heavy atom. The van der Waals surface area contributed by atoms with Gasteiger partial charge in [-0.1, -0.05) is 37.7 Å². The van der Waals surface area contributed by atoms with Crippen LogP contribution in [0.3, 0.4) is 0 Å². The molecule has 1 nitrogen and oxygen atoms in total. The molecule has 1 fully saturated rings. The van der Waals surface area contributed by atoms with E-state index in [4.69, 9.17) is 0 Å². The second-order valence-corrected chi connectivity index (χ2v) is 5.50. The minimum Gasteiger partial charge on any atom is -0.317 e. The van der Waals surface area contributed by atoms with E-state index >= 15 is 0 Å². The zero-order chi connectivity index (χ0) is 11.8. The van der Waals surface area contributed by atoms with Crippen LogP contribution in [0, 0.1) is 5.92 Å². The van der Waals surface area contributed by atoms with Crippen LogP contribution in [-0.4, -0.2) is 13.1 Å². The quantitative estimate of drug-likeness (QED) is 0.686. The summed E-state index contributed by atoms with van der Waals surface area (Å²) in [7, 11) is 2.13. The lowest BCUT2D eigenvalue weighted by Crippen LogP contribution is -2.34. The monoisotopic (exact) mass is 223 g/mol. The highest BCUT2D eigenvalue weighted by atomic mass is 14.9. The summed E-state index contributed by atoms with van der Waals surface area (Å²) >= 11 is 0. The van der Waals surface area contributed by atoms with Crippen LogP contribution in [0.2, 0.25) is 0 Å². The molecular weight excluding hydrogens is 194 g/mol. The van der Waals surface area contributed by atoms with E-state index in [2.05, 4.69) is 25.9 Å². The van der Waals surface area contributed by atoms with Crippen molar-refractivity contribution < 1.29 is 0 Å². The summed E-state index contributed by atoms with van der Waals surface area (Å²) in [4.78, 5) is 0. The van der Waals surface area contributed by atoms with Crippen molar-refractivity contribution in [3.63, 3.8) is 0 Å². The second kappa shape index (κ2) is 7.89. The van der Waals surface area contributed by atoms with Crippen LogP contribution in [0.5, 0.6) is 0 Å². The number of hydrogen-bond donors (Lipinski definition) is 1. The predicted molar refractivity (Wildman–Crippen MR) is 72.7 cm³/mol. The Hall–Kier alpha value is -0.300. The Balaban J connectivity index is 2.38. The number of nitrogens with one attached hydrogen (secondary N) is 1. The van der Waals surface area contributed by atoms with Crippen molar-refractivity contribution in [2.24, 2.45) is 5.92 Å². The first-order valence-electron chi connectivity index (χ1n) is 7.05. The molecule has 1 N–H and O–H groups in total. The Morgan fingerprint density at radius 1 is 1.19 bits per heavy atom. The van der Waals surface area contributed by atoms with E-state index in [0.717, 1.165) is 12.0 Å². The van der Waals surface area contributed by atoms with Crippen LogP contribution in [0.15, 0.2) is 12.2 Å². The molecule has 1 atom stereocenters. The number of rotatable bonds is 5. The minimum atomic E-state index is 0.717. The first kappa shape index (κ1) is 13.8. The summed E-state index contributed by atoms with van der Waals surface area (Å²) in [6.07, 6.45) is 12.6. The molecule has 0 aromatic rings. The van der Waals surface area contributed by atoms with Crippen molar-refractivity contribution in [1.82, 2.24) is 5.32 Å². The van der Waals surface area contributed by atoms with Crippen molar-refractivity contribution in [2.75, 3.05) is 7.05 Å². The number of allylic oxidation sites excluding steroid dienone is 1. The third kappa shape index (κ3) is 5.16. The molecule has 0 radical (unpaired) electrons. The molecular formula is C15H29N. The fourth-order valence-corrected chi connectivity index (χ4v) is 2.91. The van der Waals surface area contributed by atoms with Crippen molar-refractivity contribution >= 4 is 0 Å². The van der Waals surface area contributed by atoms with Gasteiger partial charge in [-0.3, -0.25) is 0 Å². The maximum atomic E-state index is 4.01. The Labute approximate surface area is 102 Å². The van der Waals surface area contributed by atoms with Gasteiger partial charge >= 0.3 is 0 Å². The first-order valence-corrected chi connectivity index (χ1v) is 7.05. The SMILES string of the molecule is C=C(C)CCC(NC)C1CCCCCCC1. The van der Waals surface area contributed by atoms with Crippen LogP contribution >= 0.6 is 0 Å². The zero-order valence-electron chi connectivity index (χ0n) is 11.2. The maximum Gasteiger partial charge on any atom is 0.00953 e. The smallest absolute Gasteiger partial charge is 0.00953 e. The molecule has 1 aliphatic rings. The molecule has 0 spiro atoms. The summed E-state index contributed by atoms with van der Waals surface area (Å²) in [6, 6.07) is 0.717. The van der Waals surface area contributed by atoms with Crippen molar-refractivity contribution in [3.05, 3.63) is 12.2 Å². The average Bonchev–Trinajstić information content (AvgIpc) is 2.20. The molecule has 0 aliphatic heterocycles.